The molecule has 1 atom stereocenters. The molecule has 0 amide bonds. The average molecular weight is 215 g/mol. The number of carbonyl (C=O) groups excluding carboxylic acids is 1. The number of hydrogen-bond acceptors (Lipinski definition) is 2. The third kappa shape index (κ3) is 8.17. The summed E-state index contributed by atoms with van der Waals surface area (Å²) in [5, 5.41) is 0. The molecule has 0 heterocycles. The van der Waals surface area contributed by atoms with E-state index in [0.29, 0.717) is 6.04 Å². The molecule has 11 heavy (non-hydrogen) atoms. The maximum atomic E-state index is 10.4. The fraction of sp³-hybridized carbons (Fsp3) is 0.833. The zero-order chi connectivity index (χ0) is 9.07. The van der Waals surface area contributed by atoms with Crippen molar-refractivity contribution in [1.82, 2.24) is 0 Å². The summed E-state index contributed by atoms with van der Waals surface area (Å²) >= 11 is 11.6. The van der Waals surface area contributed by atoms with E-state index < -0.39 is 6.69 Å². The second-order valence-corrected chi connectivity index (χ2v) is 10.8. The standard InChI is InChI=1S/C6H12Cl2O2Si/c1-5(10-6(2)9)4-11(3,7)8/h5H,4H2,1-3H3. The van der Waals surface area contributed by atoms with Gasteiger partial charge in [-0.05, 0) is 13.5 Å². The molecule has 2 nitrogen and oxygen atoms in total. The van der Waals surface area contributed by atoms with Crippen molar-refractivity contribution < 1.29 is 9.53 Å². The van der Waals surface area contributed by atoms with E-state index in [9.17, 15) is 4.79 Å². The molecule has 5 heteroatoms. The van der Waals surface area contributed by atoms with Gasteiger partial charge in [-0.3, -0.25) is 4.79 Å². The Balaban J connectivity index is 3.69. The largest absolute Gasteiger partial charge is 0.463 e. The van der Waals surface area contributed by atoms with E-state index in [0.717, 1.165) is 0 Å². The van der Waals surface area contributed by atoms with Crippen molar-refractivity contribution in [3.63, 3.8) is 0 Å². The number of rotatable bonds is 3. The first-order valence-corrected chi connectivity index (χ1v) is 8.09. The molecule has 0 aromatic rings. The fourth-order valence-electron chi connectivity index (χ4n) is 0.830. The number of hydrogen-bond donors (Lipinski definition) is 0. The lowest BCUT2D eigenvalue weighted by atomic mass is 10.5. The molecule has 0 radical (unpaired) electrons. The van der Waals surface area contributed by atoms with Gasteiger partial charge in [-0.2, -0.15) is 0 Å². The summed E-state index contributed by atoms with van der Waals surface area (Å²) in [5.74, 6) is -0.288. The molecule has 0 saturated heterocycles. The van der Waals surface area contributed by atoms with Crippen LogP contribution in [-0.2, 0) is 9.53 Å². The van der Waals surface area contributed by atoms with Gasteiger partial charge >= 0.3 is 5.97 Å². The highest BCUT2D eigenvalue weighted by Crippen LogP contribution is 2.22. The normalized spacial score (nSPS) is 14.3. The molecule has 0 aliphatic heterocycles. The Labute approximate surface area is 77.2 Å². The first-order valence-electron chi connectivity index (χ1n) is 3.36. The Kier molecular flexibility index (Phi) is 4.44. The highest BCUT2D eigenvalue weighted by molar-refractivity contribution is 7.44. The molecule has 0 aromatic heterocycles. The van der Waals surface area contributed by atoms with Crippen molar-refractivity contribution in [1.29, 1.82) is 0 Å². The van der Waals surface area contributed by atoms with Gasteiger partial charge in [0.05, 0.1) is 6.10 Å². The summed E-state index contributed by atoms with van der Waals surface area (Å²) in [6, 6.07) is 0.579. The van der Waals surface area contributed by atoms with Gasteiger partial charge in [0, 0.05) is 13.0 Å². The minimum Gasteiger partial charge on any atom is -0.463 e. The molecule has 0 spiro atoms. The van der Waals surface area contributed by atoms with Crippen molar-refractivity contribution in [3.05, 3.63) is 0 Å². The van der Waals surface area contributed by atoms with Gasteiger partial charge in [0.2, 0.25) is 0 Å². The van der Waals surface area contributed by atoms with Crippen LogP contribution in [0, 0.1) is 0 Å². The van der Waals surface area contributed by atoms with Gasteiger partial charge < -0.3 is 4.74 Å². The predicted molar refractivity (Wildman–Crippen MR) is 49.4 cm³/mol. The summed E-state index contributed by atoms with van der Waals surface area (Å²) in [5.41, 5.74) is 0. The lowest BCUT2D eigenvalue weighted by Gasteiger charge is -2.16. The highest BCUT2D eigenvalue weighted by Gasteiger charge is 2.25. The average Bonchev–Trinajstić information content (AvgIpc) is 1.53. The molecule has 0 aliphatic carbocycles. The Morgan fingerprint density at radius 3 is 2.36 bits per heavy atom. The first kappa shape index (κ1) is 11.3. The predicted octanol–water partition coefficient (Wildman–Crippen LogP) is 2.49. The molecular formula is C6H12Cl2O2Si. The van der Waals surface area contributed by atoms with Crippen molar-refractivity contribution in [2.24, 2.45) is 0 Å². The van der Waals surface area contributed by atoms with Gasteiger partial charge in [-0.15, -0.1) is 22.2 Å². The maximum Gasteiger partial charge on any atom is 0.302 e. The van der Waals surface area contributed by atoms with Crippen LogP contribution in [0.3, 0.4) is 0 Å². The van der Waals surface area contributed by atoms with Crippen LogP contribution in [0.1, 0.15) is 13.8 Å². The van der Waals surface area contributed by atoms with Crippen molar-refractivity contribution >= 4 is 34.8 Å². The van der Waals surface area contributed by atoms with E-state index in [-0.39, 0.29) is 12.1 Å². The van der Waals surface area contributed by atoms with Crippen molar-refractivity contribution in [3.8, 4) is 0 Å². The van der Waals surface area contributed by atoms with Gasteiger partial charge in [0.25, 0.3) is 6.69 Å². The van der Waals surface area contributed by atoms with Gasteiger partial charge in [-0.25, -0.2) is 0 Å². The van der Waals surface area contributed by atoms with E-state index in [1.165, 1.54) is 6.92 Å². The van der Waals surface area contributed by atoms with Crippen molar-refractivity contribution in [2.75, 3.05) is 0 Å². The second kappa shape index (κ2) is 4.33. The Hall–Kier alpha value is 0.267. The van der Waals surface area contributed by atoms with Gasteiger partial charge in [-0.1, -0.05) is 0 Å². The van der Waals surface area contributed by atoms with Crippen molar-refractivity contribution in [2.45, 2.75) is 32.5 Å². The maximum absolute atomic E-state index is 10.4. The molecule has 0 aliphatic rings. The lowest BCUT2D eigenvalue weighted by Crippen LogP contribution is -2.23. The topological polar surface area (TPSA) is 26.3 Å². The van der Waals surface area contributed by atoms with Crippen LogP contribution in [0.2, 0.25) is 12.6 Å². The third-order valence-corrected chi connectivity index (χ3v) is 3.23. The molecule has 66 valence electrons. The van der Waals surface area contributed by atoms with Crippen LogP contribution in [-0.4, -0.2) is 18.8 Å². The molecule has 1 unspecified atom stereocenters. The van der Waals surface area contributed by atoms with Gasteiger partial charge in [0.1, 0.15) is 0 Å². The van der Waals surface area contributed by atoms with E-state index >= 15 is 0 Å². The Morgan fingerprint density at radius 2 is 2.09 bits per heavy atom. The summed E-state index contributed by atoms with van der Waals surface area (Å²) in [4.78, 5) is 10.4. The zero-order valence-corrected chi connectivity index (χ0v) is 9.37. The smallest absolute Gasteiger partial charge is 0.302 e. The SMILES string of the molecule is CC(=O)OC(C)C[Si](C)(Cl)Cl. The highest BCUT2D eigenvalue weighted by atomic mass is 35.7. The molecule has 0 aromatic carbocycles. The summed E-state index contributed by atoms with van der Waals surface area (Å²) in [6.07, 6.45) is -0.167. The van der Waals surface area contributed by atoms with Gasteiger partial charge in [0.15, 0.2) is 0 Å². The molecule has 0 rings (SSSR count). The van der Waals surface area contributed by atoms with E-state index in [1.54, 1.807) is 13.5 Å². The first-order chi connectivity index (χ1) is 4.81. The van der Waals surface area contributed by atoms with Crippen LogP contribution in [0.25, 0.3) is 0 Å². The number of esters is 1. The minimum atomic E-state index is -2.12. The number of ether oxygens (including phenoxy) is 1. The third-order valence-electron chi connectivity index (χ3n) is 1.01. The monoisotopic (exact) mass is 214 g/mol. The summed E-state index contributed by atoms with van der Waals surface area (Å²) < 4.78 is 4.85. The summed E-state index contributed by atoms with van der Waals surface area (Å²) in [7, 11) is 0. The van der Waals surface area contributed by atoms with E-state index in [2.05, 4.69) is 0 Å². The quantitative estimate of drug-likeness (QED) is 0.410. The number of carbonyl (C=O) groups is 1. The molecule has 0 bridgehead atoms. The zero-order valence-electron chi connectivity index (χ0n) is 6.86. The van der Waals surface area contributed by atoms with Crippen LogP contribution in [0.4, 0.5) is 0 Å². The molecule has 0 N–H and O–H groups in total. The Morgan fingerprint density at radius 1 is 1.64 bits per heavy atom. The number of halogens is 2. The molecular weight excluding hydrogens is 203 g/mol. The van der Waals surface area contributed by atoms with E-state index in [1.807, 2.05) is 0 Å². The second-order valence-electron chi connectivity index (χ2n) is 2.69. The Bertz CT molecular complexity index is 144. The van der Waals surface area contributed by atoms with E-state index in [4.69, 9.17) is 26.9 Å². The molecule has 0 saturated carbocycles. The van der Waals surface area contributed by atoms with Crippen LogP contribution in [0.15, 0.2) is 0 Å². The fourth-order valence-corrected chi connectivity index (χ4v) is 3.23. The minimum absolute atomic E-state index is 0.167. The lowest BCUT2D eigenvalue weighted by molar-refractivity contribution is -0.144. The summed E-state index contributed by atoms with van der Waals surface area (Å²) in [6.45, 7) is 2.84. The van der Waals surface area contributed by atoms with Crippen LogP contribution in [0.5, 0.6) is 0 Å². The van der Waals surface area contributed by atoms with Crippen LogP contribution >= 0.6 is 22.2 Å². The van der Waals surface area contributed by atoms with Crippen LogP contribution < -0.4 is 0 Å². The molecule has 0 fully saturated rings.